The molecule has 0 heterocycles. The minimum atomic E-state index is -0.947. The molecule has 0 fully saturated rings. The third-order valence-corrected chi connectivity index (χ3v) is 1.83. The quantitative estimate of drug-likeness (QED) is 0.674. The molecule has 0 aliphatic carbocycles. The van der Waals surface area contributed by atoms with Gasteiger partial charge in [0.15, 0.2) is 5.78 Å². The molecule has 4 heteroatoms. The monoisotopic (exact) mass is 201 g/mol. The molecule has 0 aromatic rings. The molecule has 0 aromatic heterocycles. The van der Waals surface area contributed by atoms with Gasteiger partial charge < -0.3 is 10.4 Å². The summed E-state index contributed by atoms with van der Waals surface area (Å²) >= 11 is 0. The second kappa shape index (κ2) is 5.75. The zero-order valence-corrected chi connectivity index (χ0v) is 9.20. The molecule has 0 amide bonds. The smallest absolute Gasteiger partial charge is 0.305 e. The molecule has 0 saturated carbocycles. The average molecular weight is 201 g/mol. The van der Waals surface area contributed by atoms with Crippen molar-refractivity contribution in [1.82, 2.24) is 5.32 Å². The topological polar surface area (TPSA) is 66.4 Å². The molecule has 14 heavy (non-hydrogen) atoms. The van der Waals surface area contributed by atoms with Crippen LogP contribution in [0, 0.1) is 5.92 Å². The van der Waals surface area contributed by atoms with Crippen LogP contribution >= 0.6 is 0 Å². The number of aliphatic carboxylic acids is 1. The van der Waals surface area contributed by atoms with Gasteiger partial charge in [0.25, 0.3) is 0 Å². The Morgan fingerprint density at radius 1 is 1.21 bits per heavy atom. The van der Waals surface area contributed by atoms with Gasteiger partial charge in [0, 0.05) is 12.0 Å². The lowest BCUT2D eigenvalue weighted by Gasteiger charge is -2.20. The average Bonchev–Trinajstić information content (AvgIpc) is 1.99. The van der Waals surface area contributed by atoms with Crippen molar-refractivity contribution in [3.05, 3.63) is 0 Å². The summed E-state index contributed by atoms with van der Waals surface area (Å²) < 4.78 is 0. The fraction of sp³-hybridized carbons (Fsp3) is 0.800. The molecule has 0 unspecified atom stereocenters. The van der Waals surface area contributed by atoms with Crippen LogP contribution in [0.4, 0.5) is 0 Å². The summed E-state index contributed by atoms with van der Waals surface area (Å²) in [5.41, 5.74) is 0. The molecule has 0 aliphatic heterocycles. The van der Waals surface area contributed by atoms with Crippen molar-refractivity contribution >= 4 is 11.8 Å². The van der Waals surface area contributed by atoms with Crippen LogP contribution in [0.2, 0.25) is 0 Å². The molecule has 0 rings (SSSR count). The largest absolute Gasteiger partial charge is 0.481 e. The third kappa shape index (κ3) is 4.97. The van der Waals surface area contributed by atoms with E-state index in [0.29, 0.717) is 0 Å². The van der Waals surface area contributed by atoms with Gasteiger partial charge in [-0.1, -0.05) is 27.7 Å². The summed E-state index contributed by atoms with van der Waals surface area (Å²) in [5, 5.41) is 11.6. The summed E-state index contributed by atoms with van der Waals surface area (Å²) in [5.74, 6) is -1.12. The number of rotatable bonds is 6. The van der Waals surface area contributed by atoms with Crippen molar-refractivity contribution in [3.8, 4) is 0 Å². The number of hydrogen-bond acceptors (Lipinski definition) is 3. The lowest BCUT2D eigenvalue weighted by Crippen LogP contribution is -2.44. The number of ketones is 1. The normalized spacial score (nSPS) is 13.3. The van der Waals surface area contributed by atoms with E-state index < -0.39 is 12.0 Å². The number of carbonyl (C=O) groups excluding carboxylic acids is 1. The first-order valence-electron chi connectivity index (χ1n) is 4.86. The Morgan fingerprint density at radius 2 is 1.71 bits per heavy atom. The molecule has 1 atom stereocenters. The number of nitrogens with one attached hydrogen (secondary N) is 1. The zero-order valence-electron chi connectivity index (χ0n) is 9.20. The molecule has 0 saturated heterocycles. The van der Waals surface area contributed by atoms with E-state index in [-0.39, 0.29) is 24.2 Å². The molecule has 0 aromatic carbocycles. The Bertz CT molecular complexity index is 211. The number of carboxylic acids is 1. The van der Waals surface area contributed by atoms with Crippen LogP contribution in [0.3, 0.4) is 0 Å². The molecular weight excluding hydrogens is 182 g/mol. The van der Waals surface area contributed by atoms with Gasteiger partial charge in [0.2, 0.25) is 0 Å². The van der Waals surface area contributed by atoms with Gasteiger partial charge in [-0.25, -0.2) is 0 Å². The molecule has 0 aliphatic rings. The highest BCUT2D eigenvalue weighted by Gasteiger charge is 2.23. The summed E-state index contributed by atoms with van der Waals surface area (Å²) in [4.78, 5) is 22.1. The summed E-state index contributed by atoms with van der Waals surface area (Å²) in [7, 11) is 0. The lowest BCUT2D eigenvalue weighted by molar-refractivity contribution is -0.140. The SMILES string of the molecule is CC(C)N[C@H](CC(=O)O)C(=O)C(C)C. The minimum absolute atomic E-state index is 0.0406. The van der Waals surface area contributed by atoms with E-state index in [1.807, 2.05) is 13.8 Å². The Balaban J connectivity index is 4.38. The number of Topliss-reactive ketones (excluding diaryl/α,β-unsaturated/α-hetero) is 1. The Kier molecular flexibility index (Phi) is 5.38. The second-order valence-electron chi connectivity index (χ2n) is 4.03. The van der Waals surface area contributed by atoms with Gasteiger partial charge in [-0.3, -0.25) is 9.59 Å². The fourth-order valence-corrected chi connectivity index (χ4v) is 1.22. The second-order valence-corrected chi connectivity index (χ2v) is 4.03. The summed E-state index contributed by atoms with van der Waals surface area (Å²) in [6, 6.07) is -0.449. The van der Waals surface area contributed by atoms with Gasteiger partial charge in [0.05, 0.1) is 12.5 Å². The van der Waals surface area contributed by atoms with Crippen molar-refractivity contribution in [2.45, 2.75) is 46.2 Å². The van der Waals surface area contributed by atoms with Crippen LogP contribution in [0.25, 0.3) is 0 Å². The molecule has 0 bridgehead atoms. The van der Waals surface area contributed by atoms with Gasteiger partial charge >= 0.3 is 5.97 Å². The molecule has 0 radical (unpaired) electrons. The highest BCUT2D eigenvalue weighted by molar-refractivity contribution is 5.89. The predicted molar refractivity (Wildman–Crippen MR) is 54.2 cm³/mol. The molecule has 2 N–H and O–H groups in total. The highest BCUT2D eigenvalue weighted by atomic mass is 16.4. The summed E-state index contributed by atoms with van der Waals surface area (Å²) in [6.45, 7) is 7.34. The van der Waals surface area contributed by atoms with Gasteiger partial charge in [-0.05, 0) is 0 Å². The zero-order chi connectivity index (χ0) is 11.3. The van der Waals surface area contributed by atoms with E-state index in [4.69, 9.17) is 5.11 Å². The number of carboxylic acid groups (broad SMARTS) is 1. The number of hydrogen-bond donors (Lipinski definition) is 2. The Labute approximate surface area is 84.7 Å². The van der Waals surface area contributed by atoms with Crippen LogP contribution in [0.15, 0.2) is 0 Å². The predicted octanol–water partition coefficient (Wildman–Crippen LogP) is 1.05. The van der Waals surface area contributed by atoms with Crippen molar-refractivity contribution in [3.63, 3.8) is 0 Å². The van der Waals surface area contributed by atoms with E-state index in [9.17, 15) is 9.59 Å². The standard InChI is InChI=1S/C10H19NO3/c1-6(2)10(14)8(5-9(12)13)11-7(3)4/h6-8,11H,5H2,1-4H3,(H,12,13)/t8-/m1/s1. The van der Waals surface area contributed by atoms with Gasteiger partial charge in [0.1, 0.15) is 0 Å². The van der Waals surface area contributed by atoms with Crippen molar-refractivity contribution < 1.29 is 14.7 Å². The van der Waals surface area contributed by atoms with Crippen LogP contribution < -0.4 is 5.32 Å². The lowest BCUT2D eigenvalue weighted by atomic mass is 9.99. The van der Waals surface area contributed by atoms with Gasteiger partial charge in [-0.2, -0.15) is 0 Å². The fourth-order valence-electron chi connectivity index (χ4n) is 1.22. The van der Waals surface area contributed by atoms with Crippen molar-refractivity contribution in [2.75, 3.05) is 0 Å². The van der Waals surface area contributed by atoms with Crippen LogP contribution in [-0.2, 0) is 9.59 Å². The minimum Gasteiger partial charge on any atom is -0.481 e. The van der Waals surface area contributed by atoms with Crippen molar-refractivity contribution in [2.24, 2.45) is 5.92 Å². The maximum Gasteiger partial charge on any atom is 0.305 e. The molecule has 4 nitrogen and oxygen atoms in total. The molecule has 0 spiro atoms. The van der Waals surface area contributed by atoms with Gasteiger partial charge in [-0.15, -0.1) is 0 Å². The van der Waals surface area contributed by atoms with Crippen LogP contribution in [-0.4, -0.2) is 28.9 Å². The maximum absolute atomic E-state index is 11.6. The third-order valence-electron chi connectivity index (χ3n) is 1.83. The molecule has 82 valence electrons. The van der Waals surface area contributed by atoms with E-state index in [1.54, 1.807) is 13.8 Å². The molecular formula is C10H19NO3. The van der Waals surface area contributed by atoms with E-state index >= 15 is 0 Å². The van der Waals surface area contributed by atoms with E-state index in [2.05, 4.69) is 5.32 Å². The van der Waals surface area contributed by atoms with E-state index in [0.717, 1.165) is 0 Å². The number of carbonyl (C=O) groups is 2. The Hall–Kier alpha value is -0.900. The Morgan fingerprint density at radius 3 is 2.00 bits per heavy atom. The first-order valence-corrected chi connectivity index (χ1v) is 4.86. The van der Waals surface area contributed by atoms with Crippen LogP contribution in [0.5, 0.6) is 0 Å². The van der Waals surface area contributed by atoms with E-state index in [1.165, 1.54) is 0 Å². The maximum atomic E-state index is 11.6. The first-order chi connectivity index (χ1) is 6.34. The first kappa shape index (κ1) is 13.1. The van der Waals surface area contributed by atoms with Crippen LogP contribution in [0.1, 0.15) is 34.1 Å². The van der Waals surface area contributed by atoms with Crippen molar-refractivity contribution in [1.29, 1.82) is 0 Å². The summed E-state index contributed by atoms with van der Waals surface area (Å²) in [6.07, 6.45) is -0.144. The highest BCUT2D eigenvalue weighted by Crippen LogP contribution is 2.04.